The molecule has 0 aliphatic rings. The number of anilines is 1. The van der Waals surface area contributed by atoms with E-state index in [2.05, 4.69) is 25.6 Å². The molecule has 0 aliphatic heterocycles. The first-order chi connectivity index (χ1) is 12.6. The third-order valence-corrected chi connectivity index (χ3v) is 4.63. The van der Waals surface area contributed by atoms with Gasteiger partial charge >= 0.3 is 6.03 Å². The fourth-order valence-electron chi connectivity index (χ4n) is 2.37. The van der Waals surface area contributed by atoms with Crippen molar-refractivity contribution in [3.63, 3.8) is 0 Å². The van der Waals surface area contributed by atoms with E-state index < -0.39 is 0 Å². The molecule has 3 rings (SSSR count). The predicted molar refractivity (Wildman–Crippen MR) is 102 cm³/mol. The van der Waals surface area contributed by atoms with E-state index in [1.54, 1.807) is 30.9 Å². The summed E-state index contributed by atoms with van der Waals surface area (Å²) in [5.74, 6) is 0. The Labute approximate surface area is 156 Å². The maximum atomic E-state index is 12.3. The molecule has 0 saturated heterocycles. The molecule has 0 saturated carbocycles. The Balaban J connectivity index is 1.62. The van der Waals surface area contributed by atoms with Gasteiger partial charge in [0, 0.05) is 35.4 Å². The van der Waals surface area contributed by atoms with Crippen LogP contribution in [0.15, 0.2) is 71.2 Å². The second-order valence-corrected chi connectivity index (χ2v) is 6.75. The number of carbonyl (C=O) groups is 1. The van der Waals surface area contributed by atoms with Crippen molar-refractivity contribution >= 4 is 23.5 Å². The molecule has 0 spiro atoms. The van der Waals surface area contributed by atoms with Crippen LogP contribution in [0.5, 0.6) is 0 Å². The van der Waals surface area contributed by atoms with Gasteiger partial charge in [-0.1, -0.05) is 0 Å². The molecule has 26 heavy (non-hydrogen) atoms. The van der Waals surface area contributed by atoms with Gasteiger partial charge in [0.25, 0.3) is 0 Å². The topological polar surface area (TPSA) is 79.8 Å². The lowest BCUT2D eigenvalue weighted by atomic mass is 10.1. The summed E-state index contributed by atoms with van der Waals surface area (Å²) in [6, 6.07) is 11.0. The van der Waals surface area contributed by atoms with Gasteiger partial charge in [0.2, 0.25) is 0 Å². The number of urea groups is 1. The van der Waals surface area contributed by atoms with Crippen molar-refractivity contribution in [2.24, 2.45) is 0 Å². The molecule has 132 valence electrons. The zero-order valence-corrected chi connectivity index (χ0v) is 15.3. The molecule has 2 amide bonds. The molecule has 2 N–H and O–H groups in total. The van der Waals surface area contributed by atoms with Crippen molar-refractivity contribution in [1.82, 2.24) is 20.3 Å². The Morgan fingerprint density at radius 3 is 2.50 bits per heavy atom. The number of pyridine rings is 1. The number of nitrogens with zero attached hydrogens (tertiary/aromatic N) is 3. The van der Waals surface area contributed by atoms with Crippen LogP contribution in [-0.2, 0) is 0 Å². The van der Waals surface area contributed by atoms with Crippen molar-refractivity contribution < 1.29 is 4.79 Å². The van der Waals surface area contributed by atoms with Gasteiger partial charge in [-0.3, -0.25) is 4.98 Å². The monoisotopic (exact) mass is 365 g/mol. The third-order valence-electron chi connectivity index (χ3n) is 3.75. The molecule has 7 heteroatoms. The average molecular weight is 365 g/mol. The van der Waals surface area contributed by atoms with E-state index >= 15 is 0 Å². The van der Waals surface area contributed by atoms with E-state index in [0.29, 0.717) is 5.16 Å². The Bertz CT molecular complexity index is 874. The maximum absolute atomic E-state index is 12.3. The third kappa shape index (κ3) is 4.80. The minimum absolute atomic E-state index is 0.108. The standard InChI is InChI=1S/C19H19N5OS/c1-13-12-16(26-19-21-8-3-9-22-19)4-5-17(13)24-18(25)23-14(2)15-6-10-20-11-7-15/h3-12,14H,1-2H3,(H2,23,24,25). The lowest BCUT2D eigenvalue weighted by Gasteiger charge is -2.16. The number of benzene rings is 1. The van der Waals surface area contributed by atoms with Gasteiger partial charge in [0.05, 0.1) is 6.04 Å². The van der Waals surface area contributed by atoms with Crippen molar-refractivity contribution in [3.05, 3.63) is 72.3 Å². The van der Waals surface area contributed by atoms with Crippen LogP contribution in [0.25, 0.3) is 0 Å². The van der Waals surface area contributed by atoms with Crippen LogP contribution < -0.4 is 10.6 Å². The fraction of sp³-hybridized carbons (Fsp3) is 0.158. The fourth-order valence-corrected chi connectivity index (χ4v) is 3.18. The van der Waals surface area contributed by atoms with Gasteiger partial charge in [-0.05, 0) is 73.1 Å². The number of amides is 2. The van der Waals surface area contributed by atoms with Crippen molar-refractivity contribution in [3.8, 4) is 0 Å². The molecule has 2 aromatic heterocycles. The Hall–Kier alpha value is -2.93. The molecule has 2 heterocycles. The highest BCUT2D eigenvalue weighted by atomic mass is 32.2. The number of hydrogen-bond donors (Lipinski definition) is 2. The molecule has 0 radical (unpaired) electrons. The second-order valence-electron chi connectivity index (χ2n) is 5.71. The lowest BCUT2D eigenvalue weighted by Crippen LogP contribution is -2.31. The van der Waals surface area contributed by atoms with Crippen LogP contribution in [0, 0.1) is 6.92 Å². The van der Waals surface area contributed by atoms with E-state index in [0.717, 1.165) is 21.7 Å². The predicted octanol–water partition coefficient (Wildman–Crippen LogP) is 4.21. The van der Waals surface area contributed by atoms with Crippen molar-refractivity contribution in [2.45, 2.75) is 29.9 Å². The van der Waals surface area contributed by atoms with E-state index in [1.807, 2.05) is 44.2 Å². The minimum atomic E-state index is -0.246. The summed E-state index contributed by atoms with van der Waals surface area (Å²) in [4.78, 5) is 25.7. The molecule has 1 atom stereocenters. The van der Waals surface area contributed by atoms with Crippen LogP contribution in [0.3, 0.4) is 0 Å². The Morgan fingerprint density at radius 2 is 1.81 bits per heavy atom. The van der Waals surface area contributed by atoms with Gasteiger partial charge in [-0.2, -0.15) is 0 Å². The molecule has 3 aromatic rings. The summed E-state index contributed by atoms with van der Waals surface area (Å²) in [7, 11) is 0. The normalized spacial score (nSPS) is 11.6. The molecule has 1 aromatic carbocycles. The van der Waals surface area contributed by atoms with Crippen molar-refractivity contribution in [2.75, 3.05) is 5.32 Å². The number of hydrogen-bond acceptors (Lipinski definition) is 5. The van der Waals surface area contributed by atoms with Gasteiger partial charge < -0.3 is 10.6 Å². The molecule has 6 nitrogen and oxygen atoms in total. The molecule has 0 aliphatic carbocycles. The first kappa shape index (κ1) is 17.9. The first-order valence-corrected chi connectivity index (χ1v) is 8.96. The average Bonchev–Trinajstić information content (AvgIpc) is 2.65. The van der Waals surface area contributed by atoms with Gasteiger partial charge in [-0.15, -0.1) is 0 Å². The van der Waals surface area contributed by atoms with Crippen molar-refractivity contribution in [1.29, 1.82) is 0 Å². The van der Waals surface area contributed by atoms with Crippen LogP contribution >= 0.6 is 11.8 Å². The number of carbonyl (C=O) groups excluding carboxylic acids is 1. The smallest absolute Gasteiger partial charge is 0.319 e. The number of aryl methyl sites for hydroxylation is 1. The SMILES string of the molecule is Cc1cc(Sc2ncccn2)ccc1NC(=O)NC(C)c1ccncc1. The maximum Gasteiger partial charge on any atom is 0.319 e. The van der Waals surface area contributed by atoms with Crippen LogP contribution in [0.1, 0.15) is 24.1 Å². The summed E-state index contributed by atoms with van der Waals surface area (Å²) >= 11 is 1.48. The van der Waals surface area contributed by atoms with E-state index in [4.69, 9.17) is 0 Å². The highest BCUT2D eigenvalue weighted by Gasteiger charge is 2.11. The summed E-state index contributed by atoms with van der Waals surface area (Å²) in [6.07, 6.45) is 6.85. The molecular formula is C19H19N5OS. The quantitative estimate of drug-likeness (QED) is 0.662. The summed E-state index contributed by atoms with van der Waals surface area (Å²) < 4.78 is 0. The van der Waals surface area contributed by atoms with Gasteiger partial charge in [0.15, 0.2) is 5.16 Å². The lowest BCUT2D eigenvalue weighted by molar-refractivity contribution is 0.249. The van der Waals surface area contributed by atoms with Crippen LogP contribution in [0.4, 0.5) is 10.5 Å². The first-order valence-electron chi connectivity index (χ1n) is 8.15. The molecule has 0 fully saturated rings. The van der Waals surface area contributed by atoms with E-state index in [9.17, 15) is 4.79 Å². The molecule has 1 unspecified atom stereocenters. The summed E-state index contributed by atoms with van der Waals surface area (Å²) in [5.41, 5.74) is 2.74. The molecular weight excluding hydrogens is 346 g/mol. The molecule has 0 bridgehead atoms. The second kappa shape index (κ2) is 8.44. The van der Waals surface area contributed by atoms with E-state index in [1.165, 1.54) is 11.8 Å². The van der Waals surface area contributed by atoms with Gasteiger partial charge in [0.1, 0.15) is 0 Å². The summed E-state index contributed by atoms with van der Waals surface area (Å²) in [5, 5.41) is 6.51. The van der Waals surface area contributed by atoms with Gasteiger partial charge in [-0.25, -0.2) is 14.8 Å². The highest BCUT2D eigenvalue weighted by Crippen LogP contribution is 2.27. The highest BCUT2D eigenvalue weighted by molar-refractivity contribution is 7.99. The Kier molecular flexibility index (Phi) is 5.80. The largest absolute Gasteiger partial charge is 0.331 e. The zero-order valence-electron chi connectivity index (χ0n) is 14.5. The van der Waals surface area contributed by atoms with Crippen LogP contribution in [-0.4, -0.2) is 21.0 Å². The summed E-state index contributed by atoms with van der Waals surface area (Å²) in [6.45, 7) is 3.89. The number of nitrogens with one attached hydrogen (secondary N) is 2. The van der Waals surface area contributed by atoms with E-state index in [-0.39, 0.29) is 12.1 Å². The number of rotatable bonds is 5. The zero-order chi connectivity index (χ0) is 18.4. The Morgan fingerprint density at radius 1 is 1.08 bits per heavy atom. The van der Waals surface area contributed by atoms with Crippen LogP contribution in [0.2, 0.25) is 0 Å². The number of aromatic nitrogens is 3. The minimum Gasteiger partial charge on any atom is -0.331 e.